The average molecular weight is 326 g/mol. The molecule has 0 aliphatic heterocycles. The van der Waals surface area contributed by atoms with Gasteiger partial charge in [-0.1, -0.05) is 80.8 Å². The molecule has 2 atom stereocenters. The van der Waals surface area contributed by atoms with Crippen molar-refractivity contribution in [1.29, 1.82) is 0 Å². The van der Waals surface area contributed by atoms with E-state index in [1.165, 1.54) is 57.1 Å². The van der Waals surface area contributed by atoms with Gasteiger partial charge in [0.2, 0.25) is 0 Å². The zero-order valence-corrected chi connectivity index (χ0v) is 14.0. The van der Waals surface area contributed by atoms with Crippen LogP contribution in [0.15, 0.2) is 24.4 Å². The van der Waals surface area contributed by atoms with Crippen molar-refractivity contribution in [3.05, 3.63) is 30.1 Å². The number of alkyl halides is 1. The summed E-state index contributed by atoms with van der Waals surface area (Å²) in [6, 6.07) is 6.19. The molecule has 0 saturated heterocycles. The van der Waals surface area contributed by atoms with Crippen molar-refractivity contribution in [2.45, 2.75) is 76.0 Å². The minimum Gasteiger partial charge on any atom is -0.261 e. The van der Waals surface area contributed by atoms with Crippen LogP contribution in [-0.4, -0.2) is 9.81 Å². The van der Waals surface area contributed by atoms with Crippen molar-refractivity contribution in [3.63, 3.8) is 0 Å². The summed E-state index contributed by atoms with van der Waals surface area (Å²) >= 11 is 3.83. The maximum absolute atomic E-state index is 4.45. The first kappa shape index (κ1) is 16.7. The molecule has 108 valence electrons. The van der Waals surface area contributed by atoms with E-state index in [9.17, 15) is 0 Å². The Kier molecular flexibility index (Phi) is 9.15. The number of aromatic nitrogens is 1. The third kappa shape index (κ3) is 7.10. The number of nitrogens with zero attached hydrogens (tertiary/aromatic N) is 1. The van der Waals surface area contributed by atoms with E-state index in [1.807, 2.05) is 12.3 Å². The first-order valence-electron chi connectivity index (χ1n) is 7.80. The van der Waals surface area contributed by atoms with Gasteiger partial charge in [0.25, 0.3) is 0 Å². The van der Waals surface area contributed by atoms with Gasteiger partial charge in [-0.25, -0.2) is 0 Å². The van der Waals surface area contributed by atoms with Crippen molar-refractivity contribution in [2.24, 2.45) is 0 Å². The molecule has 0 spiro atoms. The molecule has 0 aromatic carbocycles. The molecule has 1 aromatic rings. The number of halogens is 1. The molecule has 0 fully saturated rings. The topological polar surface area (TPSA) is 12.9 Å². The highest BCUT2D eigenvalue weighted by Gasteiger charge is 2.16. The summed E-state index contributed by atoms with van der Waals surface area (Å²) in [7, 11) is 0. The standard InChI is InChI=1S/C17H28BrN/c1-3-4-5-6-7-8-9-12-16(18)15(2)17-13-10-11-14-19-17/h10-11,13-16H,3-9,12H2,1-2H3. The third-order valence-electron chi connectivity index (χ3n) is 3.78. The van der Waals surface area contributed by atoms with Crippen LogP contribution < -0.4 is 0 Å². The van der Waals surface area contributed by atoms with Crippen molar-refractivity contribution < 1.29 is 0 Å². The Morgan fingerprint density at radius 1 is 1.05 bits per heavy atom. The summed E-state index contributed by atoms with van der Waals surface area (Å²) < 4.78 is 0. The van der Waals surface area contributed by atoms with E-state index in [2.05, 4.69) is 46.9 Å². The second-order valence-corrected chi connectivity index (χ2v) is 6.65. The normalized spacial score (nSPS) is 14.3. The molecule has 0 amide bonds. The Bertz CT molecular complexity index is 312. The first-order valence-corrected chi connectivity index (χ1v) is 8.72. The molecular weight excluding hydrogens is 298 g/mol. The lowest BCUT2D eigenvalue weighted by Gasteiger charge is -2.17. The molecule has 2 heteroatoms. The first-order chi connectivity index (χ1) is 9.25. The van der Waals surface area contributed by atoms with Gasteiger partial charge in [-0.05, 0) is 18.6 Å². The molecule has 1 nitrogen and oxygen atoms in total. The van der Waals surface area contributed by atoms with E-state index in [-0.39, 0.29) is 0 Å². The Morgan fingerprint density at radius 2 is 1.74 bits per heavy atom. The van der Waals surface area contributed by atoms with Gasteiger partial charge in [0.1, 0.15) is 0 Å². The minimum absolute atomic E-state index is 0.501. The highest BCUT2D eigenvalue weighted by Crippen LogP contribution is 2.27. The van der Waals surface area contributed by atoms with Gasteiger partial charge < -0.3 is 0 Å². The average Bonchev–Trinajstić information content (AvgIpc) is 2.46. The summed E-state index contributed by atoms with van der Waals surface area (Å²) in [6.45, 7) is 4.54. The van der Waals surface area contributed by atoms with Crippen LogP contribution in [0.5, 0.6) is 0 Å². The van der Waals surface area contributed by atoms with Crippen LogP contribution >= 0.6 is 15.9 Å². The van der Waals surface area contributed by atoms with Crippen LogP contribution in [0.1, 0.15) is 76.8 Å². The van der Waals surface area contributed by atoms with Crippen LogP contribution in [0.2, 0.25) is 0 Å². The van der Waals surface area contributed by atoms with Crippen molar-refractivity contribution >= 4 is 15.9 Å². The molecule has 0 radical (unpaired) electrons. The van der Waals surface area contributed by atoms with Crippen LogP contribution in [0, 0.1) is 0 Å². The van der Waals surface area contributed by atoms with Gasteiger partial charge in [0.05, 0.1) is 0 Å². The monoisotopic (exact) mass is 325 g/mol. The number of rotatable bonds is 10. The number of hydrogen-bond donors (Lipinski definition) is 0. The highest BCUT2D eigenvalue weighted by atomic mass is 79.9. The predicted octanol–water partition coefficient (Wildman–Crippen LogP) is 6.09. The van der Waals surface area contributed by atoms with Crippen molar-refractivity contribution in [2.75, 3.05) is 0 Å². The molecule has 0 N–H and O–H groups in total. The maximum atomic E-state index is 4.45. The van der Waals surface area contributed by atoms with Gasteiger partial charge >= 0.3 is 0 Å². The van der Waals surface area contributed by atoms with Gasteiger partial charge in [-0.3, -0.25) is 4.98 Å². The van der Waals surface area contributed by atoms with E-state index in [4.69, 9.17) is 0 Å². The lowest BCUT2D eigenvalue weighted by Crippen LogP contribution is -2.10. The number of pyridine rings is 1. The quantitative estimate of drug-likeness (QED) is 0.374. The fraction of sp³-hybridized carbons (Fsp3) is 0.706. The van der Waals surface area contributed by atoms with Gasteiger partial charge in [0, 0.05) is 22.6 Å². The van der Waals surface area contributed by atoms with Gasteiger partial charge in [-0.15, -0.1) is 0 Å². The van der Waals surface area contributed by atoms with Crippen LogP contribution in [0.3, 0.4) is 0 Å². The Morgan fingerprint density at radius 3 is 2.37 bits per heavy atom. The Balaban J connectivity index is 2.12. The summed E-state index contributed by atoms with van der Waals surface area (Å²) in [5.74, 6) is 0.501. The fourth-order valence-electron chi connectivity index (χ4n) is 2.38. The molecule has 0 aliphatic rings. The van der Waals surface area contributed by atoms with Crippen LogP contribution in [0.4, 0.5) is 0 Å². The Hall–Kier alpha value is -0.370. The summed E-state index contributed by atoms with van der Waals surface area (Å²) in [4.78, 5) is 5.00. The summed E-state index contributed by atoms with van der Waals surface area (Å²) in [5, 5.41) is 0. The lowest BCUT2D eigenvalue weighted by molar-refractivity contribution is 0.551. The minimum atomic E-state index is 0.501. The van der Waals surface area contributed by atoms with E-state index in [0.717, 1.165) is 0 Å². The molecule has 2 unspecified atom stereocenters. The fourth-order valence-corrected chi connectivity index (χ4v) is 2.97. The third-order valence-corrected chi connectivity index (χ3v) is 5.03. The molecule has 1 aromatic heterocycles. The Labute approximate surface area is 127 Å². The maximum Gasteiger partial charge on any atom is 0.0442 e. The van der Waals surface area contributed by atoms with Gasteiger partial charge in [-0.2, -0.15) is 0 Å². The van der Waals surface area contributed by atoms with Crippen molar-refractivity contribution in [3.8, 4) is 0 Å². The molecule has 1 heterocycles. The SMILES string of the molecule is CCCCCCCCCC(Br)C(C)c1ccccn1. The van der Waals surface area contributed by atoms with Crippen LogP contribution in [0.25, 0.3) is 0 Å². The van der Waals surface area contributed by atoms with Crippen molar-refractivity contribution in [1.82, 2.24) is 4.98 Å². The predicted molar refractivity (Wildman–Crippen MR) is 88.0 cm³/mol. The van der Waals surface area contributed by atoms with E-state index < -0.39 is 0 Å². The smallest absolute Gasteiger partial charge is 0.0442 e. The largest absolute Gasteiger partial charge is 0.261 e. The highest BCUT2D eigenvalue weighted by molar-refractivity contribution is 9.09. The zero-order valence-electron chi connectivity index (χ0n) is 12.4. The number of unbranched alkanes of at least 4 members (excludes halogenated alkanes) is 6. The molecular formula is C17H28BrN. The molecule has 1 rings (SSSR count). The van der Waals surface area contributed by atoms with Gasteiger partial charge in [0.15, 0.2) is 0 Å². The second-order valence-electron chi connectivity index (χ2n) is 5.47. The second kappa shape index (κ2) is 10.4. The number of hydrogen-bond acceptors (Lipinski definition) is 1. The molecule has 19 heavy (non-hydrogen) atoms. The van der Waals surface area contributed by atoms with Crippen LogP contribution in [-0.2, 0) is 0 Å². The lowest BCUT2D eigenvalue weighted by atomic mass is 9.98. The van der Waals surface area contributed by atoms with E-state index in [1.54, 1.807) is 0 Å². The summed E-state index contributed by atoms with van der Waals surface area (Å²) in [5.41, 5.74) is 1.20. The summed E-state index contributed by atoms with van der Waals surface area (Å²) in [6.07, 6.45) is 12.8. The van der Waals surface area contributed by atoms with E-state index in [0.29, 0.717) is 10.7 Å². The zero-order chi connectivity index (χ0) is 13.9. The molecule has 0 saturated carbocycles. The molecule has 0 aliphatic carbocycles. The molecule has 0 bridgehead atoms. The van der Waals surface area contributed by atoms with E-state index >= 15 is 0 Å².